The number of thioether (sulfide) groups is 1. The van der Waals surface area contributed by atoms with E-state index in [1.807, 2.05) is 36.4 Å². The number of pyridine rings is 1. The molecule has 3 aromatic rings. The molecule has 2 heterocycles. The monoisotopic (exact) mass is 342 g/mol. The van der Waals surface area contributed by atoms with E-state index in [0.29, 0.717) is 5.70 Å². The Balaban J connectivity index is 1.49. The molecule has 1 aromatic carbocycles. The predicted molar refractivity (Wildman–Crippen MR) is 94.9 cm³/mol. The molecule has 0 fully saturated rings. The fourth-order valence-electron chi connectivity index (χ4n) is 1.85. The molecule has 3 rings (SSSR count). The van der Waals surface area contributed by atoms with Gasteiger partial charge in [-0.15, -0.1) is 11.3 Å². The molecule has 2 N–H and O–H groups in total. The first-order valence-electron chi connectivity index (χ1n) is 6.85. The van der Waals surface area contributed by atoms with Gasteiger partial charge in [0, 0.05) is 18.0 Å². The zero-order valence-electron chi connectivity index (χ0n) is 12.2. The summed E-state index contributed by atoms with van der Waals surface area (Å²) in [5.74, 6) is 0.153. The van der Waals surface area contributed by atoms with Crippen LogP contribution in [0.3, 0.4) is 0 Å². The van der Waals surface area contributed by atoms with E-state index in [-0.39, 0.29) is 11.7 Å². The highest BCUT2D eigenvalue weighted by Crippen LogP contribution is 2.28. The van der Waals surface area contributed by atoms with E-state index < -0.39 is 0 Å². The fraction of sp³-hybridized carbons (Fsp3) is 0.0625. The number of carbonyl (C=O) groups is 1. The first kappa shape index (κ1) is 15.5. The van der Waals surface area contributed by atoms with Gasteiger partial charge in [0.05, 0.1) is 21.7 Å². The molecule has 116 valence electrons. The summed E-state index contributed by atoms with van der Waals surface area (Å²) in [6.07, 6.45) is 3.35. The lowest BCUT2D eigenvalue weighted by atomic mass is 10.2. The zero-order valence-corrected chi connectivity index (χ0v) is 13.8. The van der Waals surface area contributed by atoms with Crippen LogP contribution in [-0.4, -0.2) is 21.6 Å². The molecule has 0 aliphatic rings. The largest absolute Gasteiger partial charge is 0.299 e. The number of benzene rings is 1. The molecule has 0 unspecified atom stereocenters. The molecule has 2 aromatic heterocycles. The summed E-state index contributed by atoms with van der Waals surface area (Å²) in [6.45, 7) is 3.87. The van der Waals surface area contributed by atoms with Crippen molar-refractivity contribution in [2.45, 2.75) is 4.34 Å². The average Bonchev–Trinajstić information content (AvgIpc) is 3.01. The van der Waals surface area contributed by atoms with Gasteiger partial charge in [-0.3, -0.25) is 20.6 Å². The normalized spacial score (nSPS) is 10.4. The molecule has 0 radical (unpaired) electrons. The van der Waals surface area contributed by atoms with Crippen LogP contribution in [0.2, 0.25) is 0 Å². The summed E-state index contributed by atoms with van der Waals surface area (Å²) in [4.78, 5) is 20.3. The number of carbonyl (C=O) groups excluding carboxylic acids is 1. The maximum Gasteiger partial charge on any atom is 0.248 e. The highest BCUT2D eigenvalue weighted by molar-refractivity contribution is 8.01. The van der Waals surface area contributed by atoms with E-state index in [2.05, 4.69) is 27.4 Å². The number of hydrazine groups is 1. The second-order valence-electron chi connectivity index (χ2n) is 4.62. The van der Waals surface area contributed by atoms with Crippen molar-refractivity contribution in [3.8, 4) is 0 Å². The van der Waals surface area contributed by atoms with Gasteiger partial charge in [0.15, 0.2) is 4.34 Å². The number of para-hydroxylation sites is 1. The van der Waals surface area contributed by atoms with E-state index in [9.17, 15) is 4.79 Å². The van der Waals surface area contributed by atoms with Crippen molar-refractivity contribution < 1.29 is 4.79 Å². The minimum Gasteiger partial charge on any atom is -0.299 e. The third kappa shape index (κ3) is 4.08. The Morgan fingerprint density at radius 2 is 1.96 bits per heavy atom. The number of rotatable bonds is 6. The van der Waals surface area contributed by atoms with Gasteiger partial charge in [-0.25, -0.2) is 4.98 Å². The first-order chi connectivity index (χ1) is 11.2. The summed E-state index contributed by atoms with van der Waals surface area (Å²) in [7, 11) is 0. The number of hydrogen-bond donors (Lipinski definition) is 2. The van der Waals surface area contributed by atoms with Crippen LogP contribution in [-0.2, 0) is 4.79 Å². The van der Waals surface area contributed by atoms with Crippen molar-refractivity contribution in [1.82, 2.24) is 20.8 Å². The van der Waals surface area contributed by atoms with Gasteiger partial charge < -0.3 is 0 Å². The van der Waals surface area contributed by atoms with Crippen LogP contribution in [0.1, 0.15) is 5.56 Å². The van der Waals surface area contributed by atoms with E-state index in [0.717, 1.165) is 20.1 Å². The van der Waals surface area contributed by atoms with E-state index in [1.54, 1.807) is 23.7 Å². The van der Waals surface area contributed by atoms with Crippen molar-refractivity contribution in [3.05, 3.63) is 60.9 Å². The van der Waals surface area contributed by atoms with E-state index in [4.69, 9.17) is 0 Å². The number of nitrogens with zero attached hydrogens (tertiary/aromatic N) is 2. The average molecular weight is 342 g/mol. The van der Waals surface area contributed by atoms with Crippen LogP contribution in [0.25, 0.3) is 15.9 Å². The van der Waals surface area contributed by atoms with Gasteiger partial charge in [-0.2, -0.15) is 0 Å². The van der Waals surface area contributed by atoms with Gasteiger partial charge in [0.25, 0.3) is 0 Å². The van der Waals surface area contributed by atoms with Gasteiger partial charge in [-0.05, 0) is 24.3 Å². The lowest BCUT2D eigenvalue weighted by Crippen LogP contribution is -2.37. The quantitative estimate of drug-likeness (QED) is 0.532. The molecule has 0 aliphatic carbocycles. The van der Waals surface area contributed by atoms with Crippen molar-refractivity contribution in [1.29, 1.82) is 0 Å². The minimum absolute atomic E-state index is 0.135. The zero-order chi connectivity index (χ0) is 16.1. The number of amides is 1. The summed E-state index contributed by atoms with van der Waals surface area (Å²) in [6, 6.07) is 11.6. The van der Waals surface area contributed by atoms with Gasteiger partial charge >= 0.3 is 0 Å². The van der Waals surface area contributed by atoms with Crippen molar-refractivity contribution >= 4 is 44.9 Å². The first-order valence-corrected chi connectivity index (χ1v) is 8.65. The van der Waals surface area contributed by atoms with Crippen LogP contribution < -0.4 is 10.9 Å². The number of aromatic nitrogens is 2. The van der Waals surface area contributed by atoms with E-state index >= 15 is 0 Å². The second-order valence-corrected chi connectivity index (χ2v) is 6.88. The third-order valence-electron chi connectivity index (χ3n) is 2.98. The molecule has 23 heavy (non-hydrogen) atoms. The molecule has 0 atom stereocenters. The highest BCUT2D eigenvalue weighted by Gasteiger charge is 2.07. The minimum atomic E-state index is -0.135. The Hall–Kier alpha value is -2.38. The van der Waals surface area contributed by atoms with Crippen LogP contribution in [0.4, 0.5) is 0 Å². The molecular weight excluding hydrogens is 328 g/mol. The van der Waals surface area contributed by atoms with Crippen LogP contribution in [0, 0.1) is 0 Å². The van der Waals surface area contributed by atoms with Crippen LogP contribution in [0.15, 0.2) is 59.7 Å². The van der Waals surface area contributed by atoms with Crippen molar-refractivity contribution in [2.24, 2.45) is 0 Å². The van der Waals surface area contributed by atoms with Crippen LogP contribution >= 0.6 is 23.1 Å². The third-order valence-corrected chi connectivity index (χ3v) is 5.16. The molecule has 0 saturated carbocycles. The summed E-state index contributed by atoms with van der Waals surface area (Å²) >= 11 is 3.00. The van der Waals surface area contributed by atoms with E-state index in [1.165, 1.54) is 11.8 Å². The summed E-state index contributed by atoms with van der Waals surface area (Å²) in [5, 5.41) is 0. The molecule has 0 bridgehead atoms. The number of thiazole rings is 1. The second kappa shape index (κ2) is 7.26. The van der Waals surface area contributed by atoms with Crippen LogP contribution in [0.5, 0.6) is 0 Å². The smallest absolute Gasteiger partial charge is 0.248 e. The maximum atomic E-state index is 11.9. The Morgan fingerprint density at radius 3 is 2.74 bits per heavy atom. The number of hydrogen-bond acceptors (Lipinski definition) is 6. The Bertz CT molecular complexity index is 799. The number of nitrogens with one attached hydrogen (secondary N) is 2. The molecule has 1 amide bonds. The van der Waals surface area contributed by atoms with Crippen molar-refractivity contribution in [3.63, 3.8) is 0 Å². The maximum absolute atomic E-state index is 11.9. The van der Waals surface area contributed by atoms with Gasteiger partial charge in [-0.1, -0.05) is 30.5 Å². The van der Waals surface area contributed by atoms with Crippen molar-refractivity contribution in [2.75, 3.05) is 5.75 Å². The molecule has 7 heteroatoms. The Morgan fingerprint density at radius 1 is 1.17 bits per heavy atom. The Labute approximate surface area is 141 Å². The van der Waals surface area contributed by atoms with Gasteiger partial charge in [0.1, 0.15) is 0 Å². The fourth-order valence-corrected chi connectivity index (χ4v) is 3.72. The summed E-state index contributed by atoms with van der Waals surface area (Å²) in [5.41, 5.74) is 7.89. The predicted octanol–water partition coefficient (Wildman–Crippen LogP) is 3.08. The molecule has 5 nitrogen and oxygen atoms in total. The van der Waals surface area contributed by atoms with Gasteiger partial charge in [0.2, 0.25) is 5.91 Å². The standard InChI is InChI=1S/C16H14N4OS2/c1-11(12-6-8-17-9-7-12)19-20-15(21)10-22-16-18-13-4-2-3-5-14(13)23-16/h2-9,19H,1,10H2,(H,20,21). The lowest BCUT2D eigenvalue weighted by Gasteiger charge is -2.10. The molecule has 0 spiro atoms. The Kier molecular flexibility index (Phi) is 4.89. The lowest BCUT2D eigenvalue weighted by molar-refractivity contribution is -0.119. The SMILES string of the molecule is C=C(NNC(=O)CSc1nc2ccccc2s1)c1ccncc1. The molecule has 0 saturated heterocycles. The number of fused-ring (bicyclic) bond motifs is 1. The topological polar surface area (TPSA) is 66.9 Å². The highest BCUT2D eigenvalue weighted by atomic mass is 32.2. The molecular formula is C16H14N4OS2. The molecule has 0 aliphatic heterocycles. The summed E-state index contributed by atoms with van der Waals surface area (Å²) < 4.78 is 2.01.